The number of likely N-dealkylation sites (tertiary alicyclic amines) is 1. The van der Waals surface area contributed by atoms with Crippen molar-refractivity contribution in [2.75, 3.05) is 52.5 Å². The first-order chi connectivity index (χ1) is 13.7. The third kappa shape index (κ3) is 9.19. The minimum atomic E-state index is 0. The van der Waals surface area contributed by atoms with Crippen LogP contribution in [0, 0.1) is 5.92 Å². The zero-order chi connectivity index (χ0) is 19.6. The Morgan fingerprint density at radius 1 is 1.14 bits per heavy atom. The van der Waals surface area contributed by atoms with Crippen LogP contribution in [-0.2, 0) is 17.8 Å². The number of hydrogen-bond donors (Lipinski definition) is 2. The van der Waals surface area contributed by atoms with E-state index in [0.29, 0.717) is 12.5 Å². The molecule has 1 aromatic carbocycles. The summed E-state index contributed by atoms with van der Waals surface area (Å²) in [6, 6.07) is 8.77. The number of aliphatic imine (C=N–C) groups is 1. The van der Waals surface area contributed by atoms with Crippen LogP contribution in [-0.4, -0.2) is 68.2 Å². The lowest BCUT2D eigenvalue weighted by molar-refractivity contribution is 0.0376. The van der Waals surface area contributed by atoms with E-state index in [1.54, 1.807) is 0 Å². The van der Waals surface area contributed by atoms with Crippen LogP contribution < -0.4 is 11.1 Å². The van der Waals surface area contributed by atoms with Crippen LogP contribution in [0.15, 0.2) is 29.3 Å². The predicted octanol–water partition coefficient (Wildman–Crippen LogP) is 2.66. The molecule has 7 heteroatoms. The fourth-order valence-corrected chi connectivity index (χ4v) is 3.88. The minimum Gasteiger partial charge on any atom is -0.379 e. The van der Waals surface area contributed by atoms with Crippen molar-refractivity contribution < 1.29 is 4.74 Å². The van der Waals surface area contributed by atoms with Gasteiger partial charge in [-0.1, -0.05) is 31.2 Å². The number of piperidine rings is 1. The summed E-state index contributed by atoms with van der Waals surface area (Å²) in [6.45, 7) is 12.2. The number of nitrogens with one attached hydrogen (secondary N) is 1. The van der Waals surface area contributed by atoms with Crippen LogP contribution in [0.25, 0.3) is 0 Å². The molecule has 0 aromatic heterocycles. The van der Waals surface area contributed by atoms with E-state index >= 15 is 0 Å². The molecular formula is C22H38IN5O. The standard InChI is InChI=1S/C22H37N5O.HI/c1-19-6-10-27(11-7-19)18-21-5-2-4-20(16-21)17-25-22(23)24-8-3-9-26-12-14-28-15-13-26;/h2,4-5,16,19H,3,6-15,17-18H2,1H3,(H3,23,24,25);1H. The van der Waals surface area contributed by atoms with Gasteiger partial charge in [-0.15, -0.1) is 24.0 Å². The van der Waals surface area contributed by atoms with Crippen LogP contribution in [0.1, 0.15) is 37.3 Å². The van der Waals surface area contributed by atoms with Gasteiger partial charge in [-0.25, -0.2) is 4.99 Å². The van der Waals surface area contributed by atoms with Gasteiger partial charge in [0, 0.05) is 26.2 Å². The van der Waals surface area contributed by atoms with Gasteiger partial charge >= 0.3 is 0 Å². The van der Waals surface area contributed by atoms with E-state index in [2.05, 4.69) is 51.3 Å². The molecule has 164 valence electrons. The van der Waals surface area contributed by atoms with Crippen molar-refractivity contribution in [3.63, 3.8) is 0 Å². The van der Waals surface area contributed by atoms with Gasteiger partial charge < -0.3 is 15.8 Å². The number of nitrogens with zero attached hydrogens (tertiary/aromatic N) is 3. The first-order valence-electron chi connectivity index (χ1n) is 10.8. The number of hydrogen-bond acceptors (Lipinski definition) is 4. The fourth-order valence-electron chi connectivity index (χ4n) is 3.88. The molecule has 6 nitrogen and oxygen atoms in total. The molecule has 0 spiro atoms. The Labute approximate surface area is 193 Å². The zero-order valence-electron chi connectivity index (χ0n) is 17.8. The van der Waals surface area contributed by atoms with Crippen molar-refractivity contribution in [2.24, 2.45) is 16.6 Å². The lowest BCUT2D eigenvalue weighted by atomic mass is 9.98. The highest BCUT2D eigenvalue weighted by Gasteiger charge is 2.15. The molecule has 0 saturated carbocycles. The Bertz CT molecular complexity index is 613. The summed E-state index contributed by atoms with van der Waals surface area (Å²) < 4.78 is 5.37. The number of rotatable bonds is 8. The maximum atomic E-state index is 6.04. The second-order valence-electron chi connectivity index (χ2n) is 8.21. The first-order valence-corrected chi connectivity index (χ1v) is 10.8. The van der Waals surface area contributed by atoms with Gasteiger partial charge in [0.2, 0.25) is 0 Å². The second kappa shape index (κ2) is 13.4. The molecule has 2 heterocycles. The topological polar surface area (TPSA) is 66.1 Å². The molecule has 3 rings (SSSR count). The minimum absolute atomic E-state index is 0. The van der Waals surface area contributed by atoms with Crippen molar-refractivity contribution in [1.82, 2.24) is 15.1 Å². The number of morpholine rings is 1. The molecule has 0 bridgehead atoms. The summed E-state index contributed by atoms with van der Waals surface area (Å²) in [6.07, 6.45) is 3.70. The van der Waals surface area contributed by atoms with Gasteiger partial charge in [0.05, 0.1) is 19.8 Å². The number of ether oxygens (including phenoxy) is 1. The summed E-state index contributed by atoms with van der Waals surface area (Å²) in [5.74, 6) is 1.42. The lowest BCUT2D eigenvalue weighted by Crippen LogP contribution is -2.39. The zero-order valence-corrected chi connectivity index (χ0v) is 20.1. The normalized spacial score (nSPS) is 19.7. The first kappa shape index (κ1) is 24.4. The quantitative estimate of drug-likeness (QED) is 0.241. The Balaban J connectivity index is 0.00000300. The van der Waals surface area contributed by atoms with Gasteiger partial charge in [-0.05, 0) is 55.9 Å². The summed E-state index contributed by atoms with van der Waals surface area (Å²) >= 11 is 0. The Morgan fingerprint density at radius 2 is 1.86 bits per heavy atom. The van der Waals surface area contributed by atoms with E-state index < -0.39 is 0 Å². The van der Waals surface area contributed by atoms with Crippen molar-refractivity contribution in [2.45, 2.75) is 39.3 Å². The largest absolute Gasteiger partial charge is 0.379 e. The van der Waals surface area contributed by atoms with Crippen LogP contribution in [0.2, 0.25) is 0 Å². The molecule has 0 unspecified atom stereocenters. The van der Waals surface area contributed by atoms with E-state index in [4.69, 9.17) is 10.5 Å². The van der Waals surface area contributed by atoms with Gasteiger partial charge in [0.15, 0.2) is 5.96 Å². The van der Waals surface area contributed by atoms with Gasteiger partial charge in [0.25, 0.3) is 0 Å². The van der Waals surface area contributed by atoms with Crippen LogP contribution in [0.4, 0.5) is 0 Å². The van der Waals surface area contributed by atoms with Crippen LogP contribution in [0.3, 0.4) is 0 Å². The molecule has 2 saturated heterocycles. The summed E-state index contributed by atoms with van der Waals surface area (Å²) in [5, 5.41) is 3.24. The molecule has 0 atom stereocenters. The maximum Gasteiger partial charge on any atom is 0.188 e. The highest BCUT2D eigenvalue weighted by molar-refractivity contribution is 14.0. The number of nitrogens with two attached hydrogens (primary N) is 1. The smallest absolute Gasteiger partial charge is 0.188 e. The average molecular weight is 515 g/mol. The highest BCUT2D eigenvalue weighted by atomic mass is 127. The van der Waals surface area contributed by atoms with E-state index in [0.717, 1.165) is 58.3 Å². The van der Waals surface area contributed by atoms with Crippen molar-refractivity contribution >= 4 is 29.9 Å². The van der Waals surface area contributed by atoms with E-state index in [-0.39, 0.29) is 24.0 Å². The summed E-state index contributed by atoms with van der Waals surface area (Å²) in [4.78, 5) is 9.51. The molecule has 0 aliphatic carbocycles. The number of guanidine groups is 1. The maximum absolute atomic E-state index is 6.04. The van der Waals surface area contributed by atoms with E-state index in [1.165, 1.54) is 37.1 Å². The van der Waals surface area contributed by atoms with Gasteiger partial charge in [-0.2, -0.15) is 0 Å². The molecular weight excluding hydrogens is 477 g/mol. The monoisotopic (exact) mass is 515 g/mol. The molecule has 0 amide bonds. The molecule has 3 N–H and O–H groups in total. The molecule has 0 radical (unpaired) electrons. The van der Waals surface area contributed by atoms with Gasteiger partial charge in [0.1, 0.15) is 0 Å². The number of benzene rings is 1. The third-order valence-electron chi connectivity index (χ3n) is 5.77. The molecule has 1 aromatic rings. The van der Waals surface area contributed by atoms with Gasteiger partial charge in [-0.3, -0.25) is 9.80 Å². The molecule has 2 aliphatic heterocycles. The van der Waals surface area contributed by atoms with Crippen LogP contribution in [0.5, 0.6) is 0 Å². The SMILES string of the molecule is CC1CCN(Cc2cccc(CN=C(N)NCCCN3CCOCC3)c2)CC1.I. The Hall–Kier alpha value is -0.900. The van der Waals surface area contributed by atoms with Crippen molar-refractivity contribution in [1.29, 1.82) is 0 Å². The third-order valence-corrected chi connectivity index (χ3v) is 5.77. The Morgan fingerprint density at radius 3 is 2.62 bits per heavy atom. The van der Waals surface area contributed by atoms with E-state index in [9.17, 15) is 0 Å². The van der Waals surface area contributed by atoms with Crippen LogP contribution >= 0.6 is 24.0 Å². The van der Waals surface area contributed by atoms with E-state index in [1.807, 2.05) is 0 Å². The summed E-state index contributed by atoms with van der Waals surface area (Å²) in [5.41, 5.74) is 8.64. The average Bonchev–Trinajstić information content (AvgIpc) is 2.72. The summed E-state index contributed by atoms with van der Waals surface area (Å²) in [7, 11) is 0. The lowest BCUT2D eigenvalue weighted by Gasteiger charge is -2.30. The molecule has 2 fully saturated rings. The van der Waals surface area contributed by atoms with Crippen molar-refractivity contribution in [3.8, 4) is 0 Å². The predicted molar refractivity (Wildman–Crippen MR) is 131 cm³/mol. The second-order valence-corrected chi connectivity index (χ2v) is 8.21. The highest BCUT2D eigenvalue weighted by Crippen LogP contribution is 2.18. The number of halogens is 1. The molecule has 2 aliphatic rings. The Kier molecular flexibility index (Phi) is 11.3. The molecule has 29 heavy (non-hydrogen) atoms. The fraction of sp³-hybridized carbons (Fsp3) is 0.682. The van der Waals surface area contributed by atoms with Crippen molar-refractivity contribution in [3.05, 3.63) is 35.4 Å².